The van der Waals surface area contributed by atoms with Gasteiger partial charge in [0.1, 0.15) is 5.56 Å². The average Bonchev–Trinajstić information content (AvgIpc) is 2.46. The molecule has 1 fully saturated rings. The Morgan fingerprint density at radius 2 is 2.00 bits per heavy atom. The van der Waals surface area contributed by atoms with Gasteiger partial charge in [0.05, 0.1) is 4.92 Å². The molecule has 0 spiro atoms. The molecule has 1 amide bonds. The van der Waals surface area contributed by atoms with Crippen LogP contribution < -0.4 is 5.32 Å². The highest BCUT2D eigenvalue weighted by Gasteiger charge is 2.23. The van der Waals surface area contributed by atoms with Crippen LogP contribution in [0.1, 0.15) is 36.0 Å². The Morgan fingerprint density at radius 3 is 2.62 bits per heavy atom. The van der Waals surface area contributed by atoms with Crippen molar-refractivity contribution < 1.29 is 9.72 Å². The quantitative estimate of drug-likeness (QED) is 0.518. The first-order valence-electron chi connectivity index (χ1n) is 6.83. The van der Waals surface area contributed by atoms with Crippen LogP contribution in [0.3, 0.4) is 0 Å². The Morgan fingerprint density at radius 1 is 1.33 bits per heavy atom. The van der Waals surface area contributed by atoms with Crippen LogP contribution in [0.15, 0.2) is 18.2 Å². The van der Waals surface area contributed by atoms with Crippen molar-refractivity contribution in [3.8, 4) is 0 Å². The molecule has 1 aliphatic carbocycles. The Hall–Kier alpha value is -1.33. The van der Waals surface area contributed by atoms with Gasteiger partial charge in [-0.1, -0.05) is 11.6 Å². The average molecular weight is 331 g/mol. The second-order valence-electron chi connectivity index (χ2n) is 5.25. The molecule has 1 saturated carbocycles. The van der Waals surface area contributed by atoms with E-state index in [0.717, 1.165) is 25.7 Å². The summed E-state index contributed by atoms with van der Waals surface area (Å²) in [5, 5.41) is 14.2. The van der Waals surface area contributed by atoms with Crippen LogP contribution in [-0.2, 0) is 0 Å². The fraction of sp³-hybridized carbons (Fsp3) is 0.500. The second-order valence-corrected chi connectivity index (χ2v) is 6.30. The molecule has 0 aromatic heterocycles. The van der Waals surface area contributed by atoms with Crippen molar-refractivity contribution in [1.29, 1.82) is 0 Å². The summed E-state index contributed by atoms with van der Waals surface area (Å²) in [6.07, 6.45) is 3.83. The maximum atomic E-state index is 12.1. The summed E-state index contributed by atoms with van der Waals surface area (Å²) in [5.74, 6) is -0.0540. The van der Waals surface area contributed by atoms with E-state index in [1.54, 1.807) is 0 Å². The van der Waals surface area contributed by atoms with Crippen LogP contribution in [0.5, 0.6) is 0 Å². The molecule has 7 heteroatoms. The van der Waals surface area contributed by atoms with E-state index in [9.17, 15) is 14.9 Å². The highest BCUT2D eigenvalue weighted by Crippen LogP contribution is 2.27. The summed E-state index contributed by atoms with van der Waals surface area (Å²) >= 11 is 11.8. The van der Waals surface area contributed by atoms with E-state index in [-0.39, 0.29) is 21.7 Å². The van der Waals surface area contributed by atoms with Crippen LogP contribution in [0.2, 0.25) is 5.02 Å². The van der Waals surface area contributed by atoms with Gasteiger partial charge >= 0.3 is 0 Å². The molecular weight excluding hydrogens is 315 g/mol. The largest absolute Gasteiger partial charge is 0.352 e. The van der Waals surface area contributed by atoms with Gasteiger partial charge in [0, 0.05) is 23.0 Å². The minimum Gasteiger partial charge on any atom is -0.352 e. The van der Waals surface area contributed by atoms with Gasteiger partial charge in [-0.3, -0.25) is 14.9 Å². The van der Waals surface area contributed by atoms with E-state index in [4.69, 9.17) is 23.2 Å². The minimum absolute atomic E-state index is 0.0374. The summed E-state index contributed by atoms with van der Waals surface area (Å²) in [5.41, 5.74) is -0.236. The van der Waals surface area contributed by atoms with Gasteiger partial charge in [-0.2, -0.15) is 0 Å². The summed E-state index contributed by atoms with van der Waals surface area (Å²) in [4.78, 5) is 22.5. The molecule has 2 rings (SSSR count). The summed E-state index contributed by atoms with van der Waals surface area (Å²) in [7, 11) is 0. The standard InChI is InChI=1S/C14H16Cl2N2O3/c15-10-3-1-9(2-4-10)8-17-14(19)12-6-5-11(16)7-13(12)18(20)21/h5-7,9-10H,1-4,8H2,(H,17,19). The third-order valence-electron chi connectivity index (χ3n) is 3.73. The van der Waals surface area contributed by atoms with Crippen LogP contribution >= 0.6 is 23.2 Å². The number of nitro groups is 1. The number of hydrogen-bond donors (Lipinski definition) is 1. The number of nitrogens with one attached hydrogen (secondary N) is 1. The molecule has 1 N–H and O–H groups in total. The molecule has 0 saturated heterocycles. The number of carbonyl (C=O) groups is 1. The lowest BCUT2D eigenvalue weighted by atomic mass is 9.89. The molecule has 0 radical (unpaired) electrons. The van der Waals surface area contributed by atoms with Crippen molar-refractivity contribution >= 4 is 34.8 Å². The van der Waals surface area contributed by atoms with Crippen molar-refractivity contribution in [2.75, 3.05) is 6.54 Å². The van der Waals surface area contributed by atoms with Gasteiger partial charge in [-0.25, -0.2) is 0 Å². The van der Waals surface area contributed by atoms with Gasteiger partial charge in [-0.05, 0) is 43.7 Å². The van der Waals surface area contributed by atoms with Gasteiger partial charge < -0.3 is 5.32 Å². The Balaban J connectivity index is 1.99. The lowest BCUT2D eigenvalue weighted by Gasteiger charge is -2.25. The zero-order valence-electron chi connectivity index (χ0n) is 11.4. The van der Waals surface area contributed by atoms with Gasteiger partial charge in [0.25, 0.3) is 11.6 Å². The van der Waals surface area contributed by atoms with Crippen molar-refractivity contribution in [2.24, 2.45) is 5.92 Å². The highest BCUT2D eigenvalue weighted by molar-refractivity contribution is 6.31. The third-order valence-corrected chi connectivity index (χ3v) is 4.40. The first-order valence-corrected chi connectivity index (χ1v) is 7.65. The lowest BCUT2D eigenvalue weighted by Crippen LogP contribution is -2.31. The van der Waals surface area contributed by atoms with Crippen molar-refractivity contribution in [3.05, 3.63) is 38.9 Å². The lowest BCUT2D eigenvalue weighted by molar-refractivity contribution is -0.385. The van der Waals surface area contributed by atoms with E-state index >= 15 is 0 Å². The Labute approximate surface area is 132 Å². The minimum atomic E-state index is -0.598. The summed E-state index contributed by atoms with van der Waals surface area (Å²) < 4.78 is 0. The van der Waals surface area contributed by atoms with E-state index in [1.807, 2.05) is 0 Å². The zero-order chi connectivity index (χ0) is 15.4. The molecule has 0 unspecified atom stereocenters. The molecule has 0 bridgehead atoms. The monoisotopic (exact) mass is 330 g/mol. The molecule has 1 aromatic carbocycles. The normalized spacial score (nSPS) is 21.8. The second kappa shape index (κ2) is 7.09. The third kappa shape index (κ3) is 4.32. The molecule has 21 heavy (non-hydrogen) atoms. The molecule has 1 aromatic rings. The number of benzene rings is 1. The molecule has 5 nitrogen and oxygen atoms in total. The molecule has 0 atom stereocenters. The van der Waals surface area contributed by atoms with Gasteiger partial charge in [-0.15, -0.1) is 11.6 Å². The maximum absolute atomic E-state index is 12.1. The number of nitrogens with zero attached hydrogens (tertiary/aromatic N) is 1. The molecular formula is C14H16Cl2N2O3. The Bertz CT molecular complexity index is 543. The van der Waals surface area contributed by atoms with Crippen molar-refractivity contribution in [2.45, 2.75) is 31.1 Å². The first-order chi connectivity index (χ1) is 9.97. The smallest absolute Gasteiger partial charge is 0.283 e. The number of halogens is 2. The van der Waals surface area contributed by atoms with Gasteiger partial charge in [0.2, 0.25) is 0 Å². The number of nitro benzene ring substituents is 1. The SMILES string of the molecule is O=C(NCC1CCC(Cl)CC1)c1ccc(Cl)cc1[N+](=O)[O-]. The number of amides is 1. The highest BCUT2D eigenvalue weighted by atomic mass is 35.5. The Kier molecular flexibility index (Phi) is 5.42. The van der Waals surface area contributed by atoms with E-state index < -0.39 is 10.8 Å². The van der Waals surface area contributed by atoms with E-state index in [2.05, 4.69) is 5.32 Å². The fourth-order valence-corrected chi connectivity index (χ4v) is 2.92. The van der Waals surface area contributed by atoms with Crippen LogP contribution in [0.4, 0.5) is 5.69 Å². The number of hydrogen-bond acceptors (Lipinski definition) is 3. The first kappa shape index (κ1) is 16.0. The molecule has 114 valence electrons. The zero-order valence-corrected chi connectivity index (χ0v) is 12.9. The van der Waals surface area contributed by atoms with Crippen LogP contribution in [-0.4, -0.2) is 22.8 Å². The van der Waals surface area contributed by atoms with E-state index in [0.29, 0.717) is 12.5 Å². The van der Waals surface area contributed by atoms with E-state index in [1.165, 1.54) is 18.2 Å². The predicted octanol–water partition coefficient (Wildman–Crippen LogP) is 3.78. The number of alkyl halides is 1. The number of rotatable bonds is 4. The summed E-state index contributed by atoms with van der Waals surface area (Å²) in [6.45, 7) is 0.516. The molecule has 0 aliphatic heterocycles. The molecule has 1 aliphatic rings. The van der Waals surface area contributed by atoms with Crippen molar-refractivity contribution in [1.82, 2.24) is 5.32 Å². The topological polar surface area (TPSA) is 72.2 Å². The predicted molar refractivity (Wildman–Crippen MR) is 82.0 cm³/mol. The fourth-order valence-electron chi connectivity index (χ4n) is 2.51. The number of carbonyl (C=O) groups excluding carboxylic acids is 1. The van der Waals surface area contributed by atoms with Crippen LogP contribution in [0.25, 0.3) is 0 Å². The molecule has 0 heterocycles. The maximum Gasteiger partial charge on any atom is 0.283 e. The summed E-state index contributed by atoms with van der Waals surface area (Å²) in [6, 6.07) is 4.04. The van der Waals surface area contributed by atoms with Crippen LogP contribution in [0, 0.1) is 16.0 Å². The van der Waals surface area contributed by atoms with Gasteiger partial charge in [0.15, 0.2) is 0 Å². The van der Waals surface area contributed by atoms with Crippen molar-refractivity contribution in [3.63, 3.8) is 0 Å².